The zero-order valence-electron chi connectivity index (χ0n) is 14.9. The summed E-state index contributed by atoms with van der Waals surface area (Å²) in [6.45, 7) is 0.553. The average molecular weight is 378 g/mol. The van der Waals surface area contributed by atoms with Crippen LogP contribution in [0.3, 0.4) is 0 Å². The molecule has 0 radical (unpaired) electrons. The summed E-state index contributed by atoms with van der Waals surface area (Å²) in [6.07, 6.45) is 0. The minimum absolute atomic E-state index is 0.128. The lowest BCUT2D eigenvalue weighted by Gasteiger charge is -2.14. The summed E-state index contributed by atoms with van der Waals surface area (Å²) in [7, 11) is 1.57. The normalized spacial score (nSPS) is 15.7. The molecule has 7 nitrogen and oxygen atoms in total. The first-order valence-electron chi connectivity index (χ1n) is 8.77. The van der Waals surface area contributed by atoms with E-state index in [9.17, 15) is 4.79 Å². The number of esters is 1. The topological polar surface area (TPSA) is 72.5 Å². The lowest BCUT2D eigenvalue weighted by Crippen LogP contribution is -1.99. The first kappa shape index (κ1) is 15.4. The Morgan fingerprint density at radius 2 is 1.61 bits per heavy atom. The van der Waals surface area contributed by atoms with Gasteiger partial charge in [0.1, 0.15) is 6.61 Å². The molecule has 3 aromatic carbocycles. The Morgan fingerprint density at radius 1 is 0.821 bits per heavy atom. The number of hydrogen-bond donors (Lipinski definition) is 0. The minimum Gasteiger partial charge on any atom is -0.493 e. The van der Waals surface area contributed by atoms with E-state index in [0.717, 1.165) is 27.5 Å². The summed E-state index contributed by atoms with van der Waals surface area (Å²) in [4.78, 5) is 12.6. The lowest BCUT2D eigenvalue weighted by atomic mass is 9.90. The Bertz CT molecular complexity index is 1180. The molecule has 0 unspecified atom stereocenters. The highest BCUT2D eigenvalue weighted by Crippen LogP contribution is 2.48. The number of ether oxygens (including phenoxy) is 6. The summed E-state index contributed by atoms with van der Waals surface area (Å²) in [6, 6.07) is 9.49. The SMILES string of the molecule is COc1cc(-c2c3c(cc4cc5c(cc24)OCO5)COC3=O)cc2c1OCO2. The van der Waals surface area contributed by atoms with E-state index in [1.807, 2.05) is 30.3 Å². The lowest BCUT2D eigenvalue weighted by molar-refractivity contribution is 0.0535. The van der Waals surface area contributed by atoms with Gasteiger partial charge in [-0.1, -0.05) is 0 Å². The summed E-state index contributed by atoms with van der Waals surface area (Å²) in [5.74, 6) is 2.67. The Labute approximate surface area is 159 Å². The van der Waals surface area contributed by atoms with Crippen LogP contribution >= 0.6 is 0 Å². The van der Waals surface area contributed by atoms with Crippen LogP contribution < -0.4 is 23.7 Å². The number of fused-ring (bicyclic) bond motifs is 4. The number of benzene rings is 3. The molecule has 3 aliphatic heterocycles. The van der Waals surface area contributed by atoms with Gasteiger partial charge < -0.3 is 28.4 Å². The fourth-order valence-corrected chi connectivity index (χ4v) is 3.98. The highest BCUT2D eigenvalue weighted by molar-refractivity contribution is 6.11. The van der Waals surface area contributed by atoms with Crippen molar-refractivity contribution in [2.75, 3.05) is 20.7 Å². The van der Waals surface area contributed by atoms with Crippen LogP contribution in [0.5, 0.6) is 28.7 Å². The summed E-state index contributed by atoms with van der Waals surface area (Å²) in [5, 5.41) is 1.80. The van der Waals surface area contributed by atoms with Gasteiger partial charge >= 0.3 is 5.97 Å². The molecule has 140 valence electrons. The van der Waals surface area contributed by atoms with Gasteiger partial charge in [0.25, 0.3) is 0 Å². The second-order valence-corrected chi connectivity index (χ2v) is 6.70. The van der Waals surface area contributed by atoms with Crippen LogP contribution in [0, 0.1) is 0 Å². The molecule has 0 bridgehead atoms. The van der Waals surface area contributed by atoms with E-state index < -0.39 is 0 Å². The van der Waals surface area contributed by atoms with E-state index in [2.05, 4.69) is 0 Å². The fourth-order valence-electron chi connectivity index (χ4n) is 3.98. The molecule has 0 amide bonds. The zero-order chi connectivity index (χ0) is 18.8. The third-order valence-corrected chi connectivity index (χ3v) is 5.22. The molecule has 0 N–H and O–H groups in total. The molecule has 6 rings (SSSR count). The van der Waals surface area contributed by atoms with Crippen molar-refractivity contribution in [3.63, 3.8) is 0 Å². The van der Waals surface area contributed by atoms with E-state index in [1.165, 1.54) is 0 Å². The largest absolute Gasteiger partial charge is 0.493 e. The van der Waals surface area contributed by atoms with Crippen molar-refractivity contribution in [3.05, 3.63) is 41.5 Å². The van der Waals surface area contributed by atoms with E-state index in [1.54, 1.807) is 7.11 Å². The maximum Gasteiger partial charge on any atom is 0.339 e. The monoisotopic (exact) mass is 378 g/mol. The van der Waals surface area contributed by atoms with Crippen molar-refractivity contribution in [2.45, 2.75) is 6.61 Å². The number of hydrogen-bond acceptors (Lipinski definition) is 7. The number of cyclic esters (lactones) is 1. The molecule has 0 aromatic heterocycles. The second-order valence-electron chi connectivity index (χ2n) is 6.70. The molecule has 28 heavy (non-hydrogen) atoms. The van der Waals surface area contributed by atoms with Gasteiger partial charge in [0, 0.05) is 11.1 Å². The number of carbonyl (C=O) groups excluding carboxylic acids is 1. The van der Waals surface area contributed by atoms with Gasteiger partial charge in [-0.3, -0.25) is 0 Å². The van der Waals surface area contributed by atoms with Gasteiger partial charge in [0.2, 0.25) is 19.3 Å². The minimum atomic E-state index is -0.346. The third kappa shape index (κ3) is 2.01. The summed E-state index contributed by atoms with van der Waals surface area (Å²) < 4.78 is 32.9. The van der Waals surface area contributed by atoms with Crippen molar-refractivity contribution in [1.82, 2.24) is 0 Å². The molecule has 3 aromatic rings. The fraction of sp³-hybridized carbons (Fsp3) is 0.190. The smallest absolute Gasteiger partial charge is 0.339 e. The standard InChI is InChI=1S/C21H14O7/c1-23-16-4-11(5-17-20(16)28-9-27-17)18-13-6-15-14(25-8-26-15)3-10(13)2-12-7-24-21(22)19(12)18/h2-6H,7-9H2,1H3. The molecule has 0 saturated heterocycles. The van der Waals surface area contributed by atoms with Crippen molar-refractivity contribution < 1.29 is 33.2 Å². The zero-order valence-corrected chi connectivity index (χ0v) is 14.9. The van der Waals surface area contributed by atoms with Crippen molar-refractivity contribution in [2.24, 2.45) is 0 Å². The predicted octanol–water partition coefficient (Wildman–Crippen LogP) is 3.64. The Morgan fingerprint density at radius 3 is 2.46 bits per heavy atom. The molecule has 3 aliphatic rings. The molecule has 0 aliphatic carbocycles. The number of rotatable bonds is 2. The predicted molar refractivity (Wildman–Crippen MR) is 97.3 cm³/mol. The van der Waals surface area contributed by atoms with Crippen LogP contribution in [0.15, 0.2) is 30.3 Å². The van der Waals surface area contributed by atoms with Gasteiger partial charge in [0.05, 0.1) is 12.7 Å². The molecule has 0 fully saturated rings. The van der Waals surface area contributed by atoms with Gasteiger partial charge in [-0.25, -0.2) is 4.79 Å². The van der Waals surface area contributed by atoms with Crippen LogP contribution in [-0.2, 0) is 11.3 Å². The summed E-state index contributed by atoms with van der Waals surface area (Å²) in [5.41, 5.74) is 2.92. The Kier molecular flexibility index (Phi) is 3.01. The Hall–Kier alpha value is -3.61. The average Bonchev–Trinajstić information content (AvgIpc) is 3.43. The van der Waals surface area contributed by atoms with Gasteiger partial charge in [-0.05, 0) is 46.7 Å². The molecule has 3 heterocycles. The van der Waals surface area contributed by atoms with Crippen LogP contribution in [-0.4, -0.2) is 26.7 Å². The van der Waals surface area contributed by atoms with Crippen molar-refractivity contribution >= 4 is 16.7 Å². The summed E-state index contributed by atoms with van der Waals surface area (Å²) >= 11 is 0. The maximum absolute atomic E-state index is 12.6. The first-order chi connectivity index (χ1) is 13.7. The second kappa shape index (κ2) is 5.45. The highest BCUT2D eigenvalue weighted by atomic mass is 16.7. The van der Waals surface area contributed by atoms with E-state index in [0.29, 0.717) is 34.3 Å². The van der Waals surface area contributed by atoms with Gasteiger partial charge in [0.15, 0.2) is 23.0 Å². The van der Waals surface area contributed by atoms with E-state index in [-0.39, 0.29) is 26.2 Å². The van der Waals surface area contributed by atoms with Crippen molar-refractivity contribution in [3.8, 4) is 39.9 Å². The number of carbonyl (C=O) groups is 1. The molecule has 0 saturated carbocycles. The molecule has 7 heteroatoms. The molecule has 0 spiro atoms. The van der Waals surface area contributed by atoms with E-state index in [4.69, 9.17) is 28.4 Å². The first-order valence-corrected chi connectivity index (χ1v) is 8.77. The Balaban J connectivity index is 1.71. The van der Waals surface area contributed by atoms with Crippen LogP contribution in [0.1, 0.15) is 15.9 Å². The van der Waals surface area contributed by atoms with Crippen LogP contribution in [0.4, 0.5) is 0 Å². The molecule has 0 atom stereocenters. The van der Waals surface area contributed by atoms with Crippen LogP contribution in [0.25, 0.3) is 21.9 Å². The van der Waals surface area contributed by atoms with E-state index >= 15 is 0 Å². The highest BCUT2D eigenvalue weighted by Gasteiger charge is 2.30. The number of methoxy groups -OCH3 is 1. The van der Waals surface area contributed by atoms with Gasteiger partial charge in [-0.2, -0.15) is 0 Å². The molecular weight excluding hydrogens is 364 g/mol. The molecular formula is C21H14O7. The third-order valence-electron chi connectivity index (χ3n) is 5.22. The quantitative estimate of drug-likeness (QED) is 0.631. The van der Waals surface area contributed by atoms with Crippen molar-refractivity contribution in [1.29, 1.82) is 0 Å². The van der Waals surface area contributed by atoms with Gasteiger partial charge in [-0.15, -0.1) is 0 Å². The van der Waals surface area contributed by atoms with Crippen LogP contribution in [0.2, 0.25) is 0 Å². The maximum atomic E-state index is 12.6.